The van der Waals surface area contributed by atoms with Crippen LogP contribution in [0.4, 0.5) is 0 Å². The summed E-state index contributed by atoms with van der Waals surface area (Å²) < 4.78 is 2.73. The molecule has 0 aliphatic carbocycles. The normalized spacial score (nSPS) is 10.0. The molecule has 0 aliphatic heterocycles. The summed E-state index contributed by atoms with van der Waals surface area (Å²) >= 11 is 4.93. The number of nitrogens with zero attached hydrogens (tertiary/aromatic N) is 4. The Hall–Kier alpha value is -2.10. The molecule has 108 valence electrons. The van der Waals surface area contributed by atoms with Crippen molar-refractivity contribution in [3.05, 3.63) is 64.6 Å². The van der Waals surface area contributed by atoms with Crippen LogP contribution in [-0.4, -0.2) is 26.0 Å². The van der Waals surface area contributed by atoms with Crippen molar-refractivity contribution >= 4 is 27.7 Å². The van der Waals surface area contributed by atoms with Crippen molar-refractivity contribution in [1.29, 1.82) is 0 Å². The zero-order valence-corrected chi connectivity index (χ0v) is 13.9. The average molecular weight is 371 g/mol. The summed E-state index contributed by atoms with van der Waals surface area (Å²) in [5.74, 6) is 6.87. The van der Waals surface area contributed by atoms with Gasteiger partial charge in [-0.05, 0) is 46.8 Å². The first-order valence-electron chi connectivity index (χ1n) is 6.54. The Morgan fingerprint density at radius 2 is 1.82 bits per heavy atom. The predicted molar refractivity (Wildman–Crippen MR) is 90.9 cm³/mol. The number of tetrazole rings is 1. The molecule has 0 bridgehead atoms. The molecule has 0 fully saturated rings. The molecule has 3 aromatic rings. The Balaban J connectivity index is 1.68. The van der Waals surface area contributed by atoms with Crippen LogP contribution < -0.4 is 0 Å². The van der Waals surface area contributed by atoms with Crippen molar-refractivity contribution in [3.8, 4) is 17.5 Å². The number of hydrogen-bond acceptors (Lipinski definition) is 4. The molecule has 0 spiro atoms. The molecule has 1 aromatic heterocycles. The minimum Gasteiger partial charge on any atom is -0.187 e. The summed E-state index contributed by atoms with van der Waals surface area (Å²) in [4.78, 5) is 0. The highest BCUT2D eigenvalue weighted by Crippen LogP contribution is 2.19. The van der Waals surface area contributed by atoms with E-state index in [-0.39, 0.29) is 0 Å². The second-order valence-corrected chi connectivity index (χ2v) is 6.16. The maximum Gasteiger partial charge on any atom is 0.215 e. The van der Waals surface area contributed by atoms with Crippen molar-refractivity contribution in [2.45, 2.75) is 5.16 Å². The first-order valence-corrected chi connectivity index (χ1v) is 8.32. The average Bonchev–Trinajstić information content (AvgIpc) is 3.02. The van der Waals surface area contributed by atoms with E-state index < -0.39 is 0 Å². The summed E-state index contributed by atoms with van der Waals surface area (Å²) in [6.45, 7) is 0. The highest BCUT2D eigenvalue weighted by molar-refractivity contribution is 9.10. The summed E-state index contributed by atoms with van der Waals surface area (Å²) in [5, 5.41) is 12.5. The van der Waals surface area contributed by atoms with Crippen LogP contribution in [-0.2, 0) is 0 Å². The van der Waals surface area contributed by atoms with Crippen molar-refractivity contribution in [2.24, 2.45) is 0 Å². The van der Waals surface area contributed by atoms with E-state index in [0.717, 1.165) is 20.9 Å². The van der Waals surface area contributed by atoms with Crippen LogP contribution in [0.1, 0.15) is 5.56 Å². The summed E-state index contributed by atoms with van der Waals surface area (Å²) in [5.41, 5.74) is 1.93. The SMILES string of the molecule is Brc1ccc(-n2nnnc2SCC#Cc2ccccc2)cc1. The quantitative estimate of drug-likeness (QED) is 0.522. The molecular formula is C16H11BrN4S. The summed E-state index contributed by atoms with van der Waals surface area (Å²) in [7, 11) is 0. The summed E-state index contributed by atoms with van der Waals surface area (Å²) in [6, 6.07) is 17.7. The summed E-state index contributed by atoms with van der Waals surface area (Å²) in [6.07, 6.45) is 0. The fourth-order valence-electron chi connectivity index (χ4n) is 1.77. The molecule has 0 amide bonds. The number of rotatable bonds is 3. The van der Waals surface area contributed by atoms with Crippen LogP contribution in [0.5, 0.6) is 0 Å². The second-order valence-electron chi connectivity index (χ2n) is 4.31. The van der Waals surface area contributed by atoms with Crippen LogP contribution in [0.15, 0.2) is 64.2 Å². The van der Waals surface area contributed by atoms with Gasteiger partial charge in [0.05, 0.1) is 11.4 Å². The van der Waals surface area contributed by atoms with Gasteiger partial charge >= 0.3 is 0 Å². The van der Waals surface area contributed by atoms with Crippen molar-refractivity contribution in [2.75, 3.05) is 5.75 Å². The molecule has 4 nitrogen and oxygen atoms in total. The van der Waals surface area contributed by atoms with E-state index in [1.165, 1.54) is 11.8 Å². The number of hydrogen-bond donors (Lipinski definition) is 0. The molecule has 0 unspecified atom stereocenters. The Morgan fingerprint density at radius 1 is 1.05 bits per heavy atom. The Kier molecular flexibility index (Phi) is 4.88. The second kappa shape index (κ2) is 7.25. The van der Waals surface area contributed by atoms with Gasteiger partial charge in [-0.25, -0.2) is 0 Å². The van der Waals surface area contributed by atoms with Gasteiger partial charge in [0.1, 0.15) is 0 Å². The molecule has 0 N–H and O–H groups in total. The highest BCUT2D eigenvalue weighted by atomic mass is 79.9. The van der Waals surface area contributed by atoms with Gasteiger partial charge in [-0.15, -0.1) is 5.10 Å². The fraction of sp³-hybridized carbons (Fsp3) is 0.0625. The van der Waals surface area contributed by atoms with Crippen molar-refractivity contribution in [1.82, 2.24) is 20.2 Å². The van der Waals surface area contributed by atoms with Crippen LogP contribution >= 0.6 is 27.7 Å². The number of benzene rings is 2. The molecule has 2 aromatic carbocycles. The molecule has 0 aliphatic rings. The fourth-order valence-corrected chi connectivity index (χ4v) is 2.67. The van der Waals surface area contributed by atoms with Crippen LogP contribution in [0.3, 0.4) is 0 Å². The number of aromatic nitrogens is 4. The zero-order valence-electron chi connectivity index (χ0n) is 11.5. The third kappa shape index (κ3) is 3.75. The lowest BCUT2D eigenvalue weighted by Gasteiger charge is -2.02. The Bertz CT molecular complexity index is 803. The largest absolute Gasteiger partial charge is 0.215 e. The van der Waals surface area contributed by atoms with Crippen LogP contribution in [0, 0.1) is 11.8 Å². The lowest BCUT2D eigenvalue weighted by Crippen LogP contribution is -1.98. The molecule has 22 heavy (non-hydrogen) atoms. The number of halogens is 1. The van der Waals surface area contributed by atoms with E-state index in [2.05, 4.69) is 43.3 Å². The molecule has 6 heteroatoms. The van der Waals surface area contributed by atoms with E-state index in [1.807, 2.05) is 54.6 Å². The standard InChI is InChI=1S/C16H11BrN4S/c17-14-8-10-15(11-9-14)21-16(18-19-20-21)22-12-4-7-13-5-2-1-3-6-13/h1-3,5-6,8-11H,12H2. The number of thioether (sulfide) groups is 1. The molecule has 0 saturated carbocycles. The minimum absolute atomic E-state index is 0.631. The third-order valence-corrected chi connectivity index (χ3v) is 4.12. The predicted octanol–water partition coefficient (Wildman–Crippen LogP) is 3.57. The lowest BCUT2D eigenvalue weighted by molar-refractivity contribution is 0.756. The van der Waals surface area contributed by atoms with Gasteiger partial charge in [0.2, 0.25) is 5.16 Å². The van der Waals surface area contributed by atoms with Crippen LogP contribution in [0.2, 0.25) is 0 Å². The smallest absolute Gasteiger partial charge is 0.187 e. The Morgan fingerprint density at radius 3 is 2.59 bits per heavy atom. The topological polar surface area (TPSA) is 43.6 Å². The molecule has 1 heterocycles. The van der Waals surface area contributed by atoms with Gasteiger partial charge in [0.25, 0.3) is 0 Å². The molecule has 0 radical (unpaired) electrons. The maximum atomic E-state index is 4.04. The first-order chi connectivity index (χ1) is 10.8. The minimum atomic E-state index is 0.631. The zero-order chi connectivity index (χ0) is 15.2. The van der Waals surface area contributed by atoms with Gasteiger partial charge in [0, 0.05) is 10.0 Å². The van der Waals surface area contributed by atoms with E-state index in [0.29, 0.717) is 5.75 Å². The van der Waals surface area contributed by atoms with E-state index in [9.17, 15) is 0 Å². The molecular weight excluding hydrogens is 360 g/mol. The molecule has 3 rings (SSSR count). The maximum absolute atomic E-state index is 4.04. The van der Waals surface area contributed by atoms with Gasteiger partial charge < -0.3 is 0 Å². The monoisotopic (exact) mass is 370 g/mol. The highest BCUT2D eigenvalue weighted by Gasteiger charge is 2.07. The third-order valence-electron chi connectivity index (χ3n) is 2.79. The van der Waals surface area contributed by atoms with Gasteiger partial charge in [-0.3, -0.25) is 0 Å². The molecule has 0 saturated heterocycles. The lowest BCUT2D eigenvalue weighted by atomic mass is 10.2. The van der Waals surface area contributed by atoms with E-state index >= 15 is 0 Å². The van der Waals surface area contributed by atoms with Crippen molar-refractivity contribution < 1.29 is 0 Å². The van der Waals surface area contributed by atoms with E-state index in [1.54, 1.807) is 4.68 Å². The molecule has 0 atom stereocenters. The van der Waals surface area contributed by atoms with Crippen molar-refractivity contribution in [3.63, 3.8) is 0 Å². The first kappa shape index (κ1) is 14.8. The van der Waals surface area contributed by atoms with Crippen LogP contribution in [0.25, 0.3) is 5.69 Å². The Labute approximate surface area is 141 Å². The van der Waals surface area contributed by atoms with Gasteiger partial charge in [-0.1, -0.05) is 57.7 Å². The van der Waals surface area contributed by atoms with E-state index in [4.69, 9.17) is 0 Å². The van der Waals surface area contributed by atoms with Gasteiger partial charge in [-0.2, -0.15) is 4.68 Å². The van der Waals surface area contributed by atoms with Gasteiger partial charge in [0.15, 0.2) is 0 Å².